The van der Waals surface area contributed by atoms with Gasteiger partial charge in [-0.3, -0.25) is 9.32 Å². The van der Waals surface area contributed by atoms with E-state index in [0.29, 0.717) is 12.8 Å². The number of carbonyl (C=O) groups excluding carboxylic acids is 1. The van der Waals surface area contributed by atoms with Crippen LogP contribution in [0.15, 0.2) is 48.6 Å². The van der Waals surface area contributed by atoms with Gasteiger partial charge in [-0.15, -0.1) is 0 Å². The molecule has 3 N–H and O–H groups in total. The smallest absolute Gasteiger partial charge is 0.354 e. The number of carbonyl (C=O) groups is 1. The molecule has 0 radical (unpaired) electrons. The minimum Gasteiger partial charge on any atom is -0.354 e. The molecule has 0 aromatic heterocycles. The predicted molar refractivity (Wildman–Crippen MR) is 119 cm³/mol. The molecule has 0 rings (SSSR count). The van der Waals surface area contributed by atoms with E-state index in [1.165, 1.54) is 19.3 Å². The first-order valence-electron chi connectivity index (χ1n) is 12.1. The number of nitrogens with one attached hydrogen (secondary N) is 1. The summed E-state index contributed by atoms with van der Waals surface area (Å²) in [6.45, 7) is -4.30. The molecule has 6 nitrogen and oxygen atoms in total. The van der Waals surface area contributed by atoms with Crippen LogP contribution in [0.3, 0.4) is 0 Å². The van der Waals surface area contributed by atoms with Crippen molar-refractivity contribution in [2.24, 2.45) is 0 Å². The molecule has 0 unspecified atom stereocenters. The van der Waals surface area contributed by atoms with Crippen LogP contribution in [0.5, 0.6) is 0 Å². The Kier molecular flexibility index (Phi) is 14.2. The number of amides is 1. The van der Waals surface area contributed by atoms with Crippen LogP contribution in [0, 0.1) is 0 Å². The molecule has 0 saturated heterocycles. The third kappa shape index (κ3) is 24.5. The van der Waals surface area contributed by atoms with Crippen molar-refractivity contribution >= 4 is 13.7 Å². The normalized spacial score (nSPS) is 15.8. The summed E-state index contributed by atoms with van der Waals surface area (Å²) in [5.41, 5.74) is 0. The maximum atomic E-state index is 11.8. The van der Waals surface area contributed by atoms with Crippen molar-refractivity contribution in [3.8, 4) is 0 Å². The van der Waals surface area contributed by atoms with E-state index >= 15 is 0 Å². The SMILES string of the molecule is [2H]C([2H])(NC(=O)CCC/C=C\C/C=C\C/C=C\C/C=C\CCCCC)C([2H])([2H])OP(=O)(O)O. The van der Waals surface area contributed by atoms with Crippen LogP contribution >= 0.6 is 7.82 Å². The Bertz CT molecular complexity index is 718. The number of phosphoric ester groups is 1. The average Bonchev–Trinajstić information content (AvgIpc) is 2.68. The lowest BCUT2D eigenvalue weighted by atomic mass is 10.2. The summed E-state index contributed by atoms with van der Waals surface area (Å²) in [4.78, 5) is 29.2. The van der Waals surface area contributed by atoms with Gasteiger partial charge in [0.15, 0.2) is 0 Å². The summed E-state index contributed by atoms with van der Waals surface area (Å²) < 4.78 is 44.2. The quantitative estimate of drug-likeness (QED) is 0.154. The molecule has 0 heterocycles. The zero-order valence-electron chi connectivity index (χ0n) is 21.3. The number of unbranched alkanes of at least 4 members (excludes halogenated alkanes) is 4. The number of hydrogen-bond donors (Lipinski definition) is 3. The van der Waals surface area contributed by atoms with Crippen LogP contribution < -0.4 is 5.32 Å². The van der Waals surface area contributed by atoms with Crippen molar-refractivity contribution in [1.82, 2.24) is 5.32 Å². The minimum atomic E-state index is -5.27. The summed E-state index contributed by atoms with van der Waals surface area (Å²) in [7, 11) is -5.27. The van der Waals surface area contributed by atoms with E-state index < -0.39 is 26.8 Å². The Morgan fingerprint density at radius 1 is 0.931 bits per heavy atom. The highest BCUT2D eigenvalue weighted by Crippen LogP contribution is 2.35. The van der Waals surface area contributed by atoms with E-state index in [1.807, 2.05) is 18.2 Å². The first-order valence-corrected chi connectivity index (χ1v) is 11.6. The van der Waals surface area contributed by atoms with Gasteiger partial charge < -0.3 is 15.1 Å². The highest BCUT2D eigenvalue weighted by Gasteiger charge is 2.12. The first kappa shape index (κ1) is 20.8. The third-order valence-electron chi connectivity index (χ3n) is 3.65. The standard InChI is InChI=1S/C22H38NO5P/c1-2-3-4-5-6-7-8-9-10-11-12-13-14-15-16-17-18-19-22(24)23-20-21-28-29(25,26)27/h6-7,9-10,12-13,15-16H,2-5,8,11,14,17-21H2,1H3,(H,23,24)(H2,25,26,27)/b7-6-,10-9-,13-12-,16-15-/i20D2,21D2. The third-order valence-corrected chi connectivity index (χ3v) is 3.98. The number of allylic oxidation sites excluding steroid dienone is 8. The van der Waals surface area contributed by atoms with Crippen molar-refractivity contribution < 1.29 is 29.2 Å². The van der Waals surface area contributed by atoms with Gasteiger partial charge in [0.2, 0.25) is 5.91 Å². The molecule has 0 aliphatic rings. The molecule has 7 heteroatoms. The molecule has 0 aromatic carbocycles. The highest BCUT2D eigenvalue weighted by atomic mass is 31.2. The Labute approximate surface area is 181 Å². The fourth-order valence-corrected chi connectivity index (χ4v) is 2.35. The second-order valence-corrected chi connectivity index (χ2v) is 7.50. The first-order chi connectivity index (χ1) is 15.4. The van der Waals surface area contributed by atoms with E-state index in [1.54, 1.807) is 5.32 Å². The molecule has 0 aliphatic carbocycles. The lowest BCUT2D eigenvalue weighted by Gasteiger charge is -2.06. The Morgan fingerprint density at radius 3 is 1.97 bits per heavy atom. The monoisotopic (exact) mass is 431 g/mol. The lowest BCUT2D eigenvalue weighted by molar-refractivity contribution is -0.121. The molecule has 1 amide bonds. The molecule has 0 spiro atoms. The van der Waals surface area contributed by atoms with E-state index in [9.17, 15) is 9.36 Å². The Hall–Kier alpha value is -1.46. The molecule has 0 saturated carbocycles. The van der Waals surface area contributed by atoms with Gasteiger partial charge in [-0.1, -0.05) is 68.4 Å². The van der Waals surface area contributed by atoms with Gasteiger partial charge in [-0.05, 0) is 44.9 Å². The van der Waals surface area contributed by atoms with Gasteiger partial charge in [0, 0.05) is 12.9 Å². The van der Waals surface area contributed by atoms with Gasteiger partial charge >= 0.3 is 7.82 Å². The summed E-state index contributed by atoms with van der Waals surface area (Å²) in [5, 5.41) is 1.78. The van der Waals surface area contributed by atoms with Crippen LogP contribution in [0.1, 0.15) is 76.6 Å². The maximum absolute atomic E-state index is 11.8. The number of phosphoric acid groups is 1. The number of hydrogen-bond acceptors (Lipinski definition) is 3. The van der Waals surface area contributed by atoms with Gasteiger partial charge in [-0.25, -0.2) is 4.57 Å². The van der Waals surface area contributed by atoms with Crippen LogP contribution in [-0.4, -0.2) is 28.7 Å². The molecule has 29 heavy (non-hydrogen) atoms. The van der Waals surface area contributed by atoms with Crippen molar-refractivity contribution in [3.05, 3.63) is 48.6 Å². The van der Waals surface area contributed by atoms with Crippen molar-refractivity contribution in [3.63, 3.8) is 0 Å². The predicted octanol–water partition coefficient (Wildman–Crippen LogP) is 5.36. The zero-order chi connectivity index (χ0) is 25.2. The van der Waals surface area contributed by atoms with Gasteiger partial charge in [0.25, 0.3) is 0 Å². The molecule has 0 aromatic rings. The highest BCUT2D eigenvalue weighted by molar-refractivity contribution is 7.46. The fourth-order valence-electron chi connectivity index (χ4n) is 2.18. The average molecular weight is 432 g/mol. The zero-order valence-corrected chi connectivity index (χ0v) is 18.2. The van der Waals surface area contributed by atoms with Crippen molar-refractivity contribution in [2.45, 2.75) is 71.1 Å². The summed E-state index contributed by atoms with van der Waals surface area (Å²) in [6.07, 6.45) is 25.2. The molecule has 0 fully saturated rings. The molecule has 0 aliphatic heterocycles. The van der Waals surface area contributed by atoms with Gasteiger partial charge in [0.05, 0.1) is 12.0 Å². The Morgan fingerprint density at radius 2 is 1.45 bits per heavy atom. The summed E-state index contributed by atoms with van der Waals surface area (Å²) in [5.74, 6) is -0.783. The fraction of sp³-hybridized carbons (Fsp3) is 0.591. The number of rotatable bonds is 18. The molecular formula is C22H38NO5P. The molecular weight excluding hydrogens is 389 g/mol. The van der Waals surface area contributed by atoms with E-state index in [0.717, 1.165) is 25.7 Å². The lowest BCUT2D eigenvalue weighted by Crippen LogP contribution is -2.26. The topological polar surface area (TPSA) is 95.9 Å². The summed E-state index contributed by atoms with van der Waals surface area (Å²) in [6, 6.07) is 0. The van der Waals surface area contributed by atoms with Crippen LogP contribution in [-0.2, 0) is 13.9 Å². The summed E-state index contributed by atoms with van der Waals surface area (Å²) >= 11 is 0. The molecule has 0 bridgehead atoms. The molecule has 0 atom stereocenters. The van der Waals surface area contributed by atoms with Gasteiger partial charge in [-0.2, -0.15) is 0 Å². The van der Waals surface area contributed by atoms with Gasteiger partial charge in [0.1, 0.15) is 0 Å². The minimum absolute atomic E-state index is 0.0659. The Balaban J connectivity index is 3.97. The largest absolute Gasteiger partial charge is 0.469 e. The molecule has 166 valence electrons. The van der Waals surface area contributed by atoms with Crippen LogP contribution in [0.4, 0.5) is 0 Å². The second kappa shape index (κ2) is 19.8. The van der Waals surface area contributed by atoms with Crippen molar-refractivity contribution in [1.29, 1.82) is 0 Å². The van der Waals surface area contributed by atoms with Crippen LogP contribution in [0.2, 0.25) is 0 Å². The van der Waals surface area contributed by atoms with E-state index in [-0.39, 0.29) is 6.42 Å². The van der Waals surface area contributed by atoms with Crippen LogP contribution in [0.25, 0.3) is 0 Å². The van der Waals surface area contributed by atoms with E-state index in [4.69, 9.17) is 15.3 Å². The second-order valence-electron chi connectivity index (χ2n) is 6.34. The maximum Gasteiger partial charge on any atom is 0.469 e. The van der Waals surface area contributed by atoms with Crippen molar-refractivity contribution in [2.75, 3.05) is 13.1 Å². The van der Waals surface area contributed by atoms with E-state index in [2.05, 4.69) is 41.8 Å².